The average Bonchev–Trinajstić information content (AvgIpc) is 3.06. The molecule has 0 radical (unpaired) electrons. The van der Waals surface area contributed by atoms with Crippen LogP contribution >= 0.6 is 0 Å². The molecule has 2 aliphatic heterocycles. The number of rotatable bonds is 2. The highest BCUT2D eigenvalue weighted by molar-refractivity contribution is 5.84. The van der Waals surface area contributed by atoms with Crippen LogP contribution in [0.4, 0.5) is 5.69 Å². The first kappa shape index (κ1) is 14.7. The molecule has 1 aromatic carbocycles. The van der Waals surface area contributed by atoms with Crippen molar-refractivity contribution in [1.82, 2.24) is 9.88 Å². The fourth-order valence-corrected chi connectivity index (χ4v) is 3.81. The smallest absolute Gasteiger partial charge is 0.271 e. The van der Waals surface area contributed by atoms with Crippen molar-refractivity contribution in [1.29, 1.82) is 0 Å². The Morgan fingerprint density at radius 2 is 2.04 bits per heavy atom. The number of morpholine rings is 1. The second-order valence-electron chi connectivity index (χ2n) is 6.56. The van der Waals surface area contributed by atoms with Crippen LogP contribution in [0.5, 0.6) is 0 Å². The number of aromatic nitrogens is 1. The molecule has 23 heavy (non-hydrogen) atoms. The van der Waals surface area contributed by atoms with Gasteiger partial charge in [0.25, 0.3) is 5.56 Å². The summed E-state index contributed by atoms with van der Waals surface area (Å²) in [6, 6.07) is 8.72. The summed E-state index contributed by atoms with van der Waals surface area (Å²) in [7, 11) is 0. The molecule has 4 rings (SSSR count). The summed E-state index contributed by atoms with van der Waals surface area (Å²) in [4.78, 5) is 20.3. The third-order valence-electron chi connectivity index (χ3n) is 5.13. The molecule has 2 aromatic rings. The number of hydrogen-bond acceptors (Lipinski definition) is 4. The van der Waals surface area contributed by atoms with Crippen LogP contribution in [0, 0.1) is 6.92 Å². The van der Waals surface area contributed by atoms with Crippen LogP contribution in [0.2, 0.25) is 0 Å². The van der Waals surface area contributed by atoms with E-state index in [9.17, 15) is 4.79 Å². The van der Waals surface area contributed by atoms with E-state index in [-0.39, 0.29) is 5.56 Å². The Balaban J connectivity index is 1.60. The van der Waals surface area contributed by atoms with E-state index in [1.165, 1.54) is 0 Å². The van der Waals surface area contributed by atoms with Gasteiger partial charge in [0, 0.05) is 37.6 Å². The summed E-state index contributed by atoms with van der Waals surface area (Å²) >= 11 is 0. The molecule has 0 bridgehead atoms. The molecule has 5 nitrogen and oxygen atoms in total. The van der Waals surface area contributed by atoms with Gasteiger partial charge in [-0.2, -0.15) is 0 Å². The molecule has 2 saturated heterocycles. The number of pyridine rings is 1. The van der Waals surface area contributed by atoms with Gasteiger partial charge >= 0.3 is 0 Å². The Kier molecular flexibility index (Phi) is 3.83. The van der Waals surface area contributed by atoms with E-state index in [1.54, 1.807) is 0 Å². The predicted molar refractivity (Wildman–Crippen MR) is 92.3 cm³/mol. The number of ether oxygens (including phenoxy) is 1. The largest absolute Gasteiger partial charge is 0.379 e. The van der Waals surface area contributed by atoms with Gasteiger partial charge < -0.3 is 14.6 Å². The highest BCUT2D eigenvalue weighted by Gasteiger charge is 2.29. The predicted octanol–water partition coefficient (Wildman–Crippen LogP) is 1.75. The molecule has 0 aliphatic carbocycles. The molecule has 2 fully saturated rings. The van der Waals surface area contributed by atoms with Crippen LogP contribution in [0.15, 0.2) is 29.1 Å². The fourth-order valence-electron chi connectivity index (χ4n) is 3.81. The molecule has 1 aromatic heterocycles. The Bertz CT molecular complexity index is 764. The van der Waals surface area contributed by atoms with E-state index in [0.29, 0.717) is 6.04 Å². The molecule has 3 heterocycles. The molecular formula is C18H23N3O2. The summed E-state index contributed by atoms with van der Waals surface area (Å²) in [6.07, 6.45) is 1.12. The normalized spacial score (nSPS) is 22.8. The first-order valence-corrected chi connectivity index (χ1v) is 8.42. The quantitative estimate of drug-likeness (QED) is 0.918. The maximum absolute atomic E-state index is 12.5. The van der Waals surface area contributed by atoms with Crippen LogP contribution in [0.25, 0.3) is 10.9 Å². The number of para-hydroxylation sites is 1. The van der Waals surface area contributed by atoms with Gasteiger partial charge in [0.05, 0.1) is 18.7 Å². The summed E-state index contributed by atoms with van der Waals surface area (Å²) in [5.41, 5.74) is 2.89. The van der Waals surface area contributed by atoms with Crippen LogP contribution in [0.1, 0.15) is 12.0 Å². The van der Waals surface area contributed by atoms with E-state index < -0.39 is 0 Å². The number of anilines is 1. The van der Waals surface area contributed by atoms with E-state index in [1.807, 2.05) is 25.1 Å². The number of nitrogens with one attached hydrogen (secondary N) is 1. The third-order valence-corrected chi connectivity index (χ3v) is 5.13. The number of nitrogens with zero attached hydrogens (tertiary/aromatic N) is 2. The van der Waals surface area contributed by atoms with Gasteiger partial charge in [0.1, 0.15) is 5.69 Å². The fraction of sp³-hybridized carbons (Fsp3) is 0.500. The molecule has 1 N–H and O–H groups in total. The van der Waals surface area contributed by atoms with Crippen LogP contribution in [-0.2, 0) is 4.74 Å². The minimum atomic E-state index is 0.0226. The van der Waals surface area contributed by atoms with Crippen molar-refractivity contribution < 1.29 is 4.74 Å². The van der Waals surface area contributed by atoms with Crippen molar-refractivity contribution >= 4 is 16.6 Å². The average molecular weight is 313 g/mol. The molecule has 122 valence electrons. The molecule has 0 saturated carbocycles. The van der Waals surface area contributed by atoms with Crippen molar-refractivity contribution in [3.8, 4) is 0 Å². The lowest BCUT2D eigenvalue weighted by atomic mass is 10.1. The minimum Gasteiger partial charge on any atom is -0.379 e. The van der Waals surface area contributed by atoms with E-state index >= 15 is 0 Å². The Hall–Kier alpha value is -1.85. The van der Waals surface area contributed by atoms with Crippen LogP contribution < -0.4 is 10.5 Å². The molecule has 1 atom stereocenters. The topological polar surface area (TPSA) is 48.6 Å². The molecule has 0 amide bonds. The Morgan fingerprint density at radius 1 is 1.22 bits per heavy atom. The molecule has 2 aliphatic rings. The second kappa shape index (κ2) is 5.98. The van der Waals surface area contributed by atoms with Gasteiger partial charge in [-0.1, -0.05) is 18.2 Å². The number of aryl methyl sites for hydroxylation is 1. The van der Waals surface area contributed by atoms with Gasteiger partial charge in [0.2, 0.25) is 0 Å². The highest BCUT2D eigenvalue weighted by atomic mass is 16.5. The van der Waals surface area contributed by atoms with Crippen molar-refractivity contribution in [2.75, 3.05) is 44.3 Å². The van der Waals surface area contributed by atoms with Crippen LogP contribution in [-0.4, -0.2) is 55.3 Å². The number of benzene rings is 1. The molecular weight excluding hydrogens is 290 g/mol. The zero-order valence-electron chi connectivity index (χ0n) is 13.5. The Morgan fingerprint density at radius 3 is 2.87 bits per heavy atom. The zero-order valence-corrected chi connectivity index (χ0v) is 13.5. The Labute approximate surface area is 135 Å². The van der Waals surface area contributed by atoms with Gasteiger partial charge in [-0.3, -0.25) is 9.69 Å². The van der Waals surface area contributed by atoms with E-state index in [0.717, 1.165) is 68.0 Å². The lowest BCUT2D eigenvalue weighted by molar-refractivity contribution is 0.0209. The summed E-state index contributed by atoms with van der Waals surface area (Å²) in [6.45, 7) is 7.57. The van der Waals surface area contributed by atoms with Crippen molar-refractivity contribution in [3.63, 3.8) is 0 Å². The van der Waals surface area contributed by atoms with E-state index in [2.05, 4.69) is 20.9 Å². The third kappa shape index (κ3) is 2.75. The van der Waals surface area contributed by atoms with Gasteiger partial charge in [-0.05, 0) is 25.0 Å². The summed E-state index contributed by atoms with van der Waals surface area (Å²) in [5, 5.41) is 1.11. The monoisotopic (exact) mass is 313 g/mol. The van der Waals surface area contributed by atoms with Crippen molar-refractivity contribution in [2.24, 2.45) is 0 Å². The highest BCUT2D eigenvalue weighted by Crippen LogP contribution is 2.24. The van der Waals surface area contributed by atoms with Crippen molar-refractivity contribution in [3.05, 3.63) is 40.2 Å². The minimum absolute atomic E-state index is 0.0226. The van der Waals surface area contributed by atoms with Gasteiger partial charge in [-0.25, -0.2) is 0 Å². The number of hydrogen-bond donors (Lipinski definition) is 1. The zero-order chi connectivity index (χ0) is 15.8. The first-order chi connectivity index (χ1) is 11.2. The maximum atomic E-state index is 12.5. The van der Waals surface area contributed by atoms with Gasteiger partial charge in [-0.15, -0.1) is 0 Å². The standard InChI is InChI=1S/C18H23N3O2/c1-13-3-2-4-14-11-16(18(22)19-17(13)14)21-6-5-15(12-21)20-7-9-23-10-8-20/h2-4,11,15H,5-10,12H2,1H3,(H,19,22). The SMILES string of the molecule is Cc1cccc2cc(N3CCC(N4CCOCC4)C3)c(=O)[nH]c12. The van der Waals surface area contributed by atoms with Crippen LogP contribution in [0.3, 0.4) is 0 Å². The van der Waals surface area contributed by atoms with Gasteiger partial charge in [0.15, 0.2) is 0 Å². The summed E-state index contributed by atoms with van der Waals surface area (Å²) in [5.74, 6) is 0. The lowest BCUT2D eigenvalue weighted by Gasteiger charge is -2.32. The van der Waals surface area contributed by atoms with Crippen molar-refractivity contribution in [2.45, 2.75) is 19.4 Å². The maximum Gasteiger partial charge on any atom is 0.271 e. The molecule has 5 heteroatoms. The summed E-state index contributed by atoms with van der Waals surface area (Å²) < 4.78 is 5.44. The number of fused-ring (bicyclic) bond motifs is 1. The van der Waals surface area contributed by atoms with E-state index in [4.69, 9.17) is 4.74 Å². The molecule has 1 unspecified atom stereocenters. The second-order valence-corrected chi connectivity index (χ2v) is 6.56. The number of H-pyrrole nitrogens is 1. The number of aromatic amines is 1. The molecule has 0 spiro atoms. The first-order valence-electron chi connectivity index (χ1n) is 8.42. The lowest BCUT2D eigenvalue weighted by Crippen LogP contribution is -2.45.